The van der Waals surface area contributed by atoms with Crippen LogP contribution in [0.15, 0.2) is 24.3 Å². The fourth-order valence-electron chi connectivity index (χ4n) is 2.15. The number of Topliss-reactive ketones (excluding diaryl/α,β-unsaturated/α-hetero) is 1. The van der Waals surface area contributed by atoms with E-state index in [0.717, 1.165) is 19.3 Å². The predicted octanol–water partition coefficient (Wildman–Crippen LogP) is 2.75. The average molecular weight is 291 g/mol. The Balaban J connectivity index is 2.79. The molecule has 4 heteroatoms. The molecule has 0 bridgehead atoms. The van der Waals surface area contributed by atoms with Crippen molar-refractivity contribution >= 4 is 11.8 Å². The summed E-state index contributed by atoms with van der Waals surface area (Å²) in [6, 6.07) is 7.11. The molecule has 1 atom stereocenters. The topological polar surface area (TPSA) is 55.4 Å². The predicted molar refractivity (Wildman–Crippen MR) is 83.5 cm³/mol. The molecule has 0 saturated carbocycles. The minimum atomic E-state index is -0.519. The summed E-state index contributed by atoms with van der Waals surface area (Å²) in [5.74, 6) is -0.434. The van der Waals surface area contributed by atoms with Gasteiger partial charge in [-0.25, -0.2) is 0 Å². The molecule has 0 spiro atoms. The molecule has 0 aromatic heterocycles. The second kappa shape index (κ2) is 9.29. The van der Waals surface area contributed by atoms with Gasteiger partial charge in [0.1, 0.15) is 0 Å². The Bertz CT molecular complexity index is 454. The Labute approximate surface area is 126 Å². The molecule has 0 heterocycles. The van der Waals surface area contributed by atoms with E-state index >= 15 is 0 Å². The number of rotatable bonds is 9. The van der Waals surface area contributed by atoms with E-state index in [1.165, 1.54) is 12.7 Å². The van der Waals surface area contributed by atoms with E-state index in [1.807, 2.05) is 31.2 Å². The lowest BCUT2D eigenvalue weighted by Gasteiger charge is -2.16. The van der Waals surface area contributed by atoms with Crippen molar-refractivity contribution in [2.45, 2.75) is 45.6 Å². The third-order valence-electron chi connectivity index (χ3n) is 3.33. The van der Waals surface area contributed by atoms with E-state index in [2.05, 4.69) is 17.0 Å². The molecule has 0 aliphatic carbocycles. The molecule has 1 rings (SSSR count). The third kappa shape index (κ3) is 5.68. The maximum absolute atomic E-state index is 12.5. The number of nitrogens with one attached hydrogen (secondary N) is 1. The SMILES string of the molecule is CCCNC(CC(=O)OC)C(=O)c1ccc(CCC)cc1. The third-order valence-corrected chi connectivity index (χ3v) is 3.33. The maximum atomic E-state index is 12.5. The summed E-state index contributed by atoms with van der Waals surface area (Å²) >= 11 is 0. The number of ether oxygens (including phenoxy) is 1. The van der Waals surface area contributed by atoms with Crippen molar-refractivity contribution in [3.8, 4) is 0 Å². The summed E-state index contributed by atoms with van der Waals surface area (Å²) in [6.07, 6.45) is 3.05. The molecule has 0 amide bonds. The number of methoxy groups -OCH3 is 1. The van der Waals surface area contributed by atoms with Crippen LogP contribution in [0, 0.1) is 0 Å². The molecular weight excluding hydrogens is 266 g/mol. The van der Waals surface area contributed by atoms with Crippen molar-refractivity contribution in [3.05, 3.63) is 35.4 Å². The molecular formula is C17H25NO3. The fourth-order valence-corrected chi connectivity index (χ4v) is 2.15. The summed E-state index contributed by atoms with van der Waals surface area (Å²) in [5, 5.41) is 3.12. The van der Waals surface area contributed by atoms with Gasteiger partial charge in [-0.3, -0.25) is 9.59 Å². The lowest BCUT2D eigenvalue weighted by atomic mass is 9.99. The molecule has 1 aromatic carbocycles. The zero-order valence-electron chi connectivity index (χ0n) is 13.1. The fraction of sp³-hybridized carbons (Fsp3) is 0.529. The van der Waals surface area contributed by atoms with Gasteiger partial charge in [-0.15, -0.1) is 0 Å². The van der Waals surface area contributed by atoms with Gasteiger partial charge in [0.25, 0.3) is 0 Å². The van der Waals surface area contributed by atoms with Crippen LogP contribution in [0.4, 0.5) is 0 Å². The minimum absolute atomic E-state index is 0.0584. The molecule has 0 aliphatic heterocycles. The highest BCUT2D eigenvalue weighted by molar-refractivity contribution is 6.01. The van der Waals surface area contributed by atoms with Crippen LogP contribution in [0.2, 0.25) is 0 Å². The highest BCUT2D eigenvalue weighted by Gasteiger charge is 2.22. The first-order valence-corrected chi connectivity index (χ1v) is 7.55. The minimum Gasteiger partial charge on any atom is -0.469 e. The van der Waals surface area contributed by atoms with Crippen molar-refractivity contribution in [2.24, 2.45) is 0 Å². The van der Waals surface area contributed by atoms with Crippen molar-refractivity contribution in [1.82, 2.24) is 5.32 Å². The first kappa shape index (κ1) is 17.4. The number of aryl methyl sites for hydroxylation is 1. The molecule has 1 N–H and O–H groups in total. The van der Waals surface area contributed by atoms with E-state index in [4.69, 9.17) is 0 Å². The molecule has 116 valence electrons. The number of ketones is 1. The quantitative estimate of drug-likeness (QED) is 0.561. The Morgan fingerprint density at radius 1 is 1.14 bits per heavy atom. The lowest BCUT2D eigenvalue weighted by Crippen LogP contribution is -2.39. The van der Waals surface area contributed by atoms with Crippen LogP contribution in [0.3, 0.4) is 0 Å². The summed E-state index contributed by atoms with van der Waals surface area (Å²) in [6.45, 7) is 4.84. The summed E-state index contributed by atoms with van der Waals surface area (Å²) < 4.78 is 4.67. The molecule has 0 fully saturated rings. The highest BCUT2D eigenvalue weighted by atomic mass is 16.5. The van der Waals surface area contributed by atoms with Gasteiger partial charge < -0.3 is 10.1 Å². The number of esters is 1. The Morgan fingerprint density at radius 2 is 1.81 bits per heavy atom. The monoisotopic (exact) mass is 291 g/mol. The highest BCUT2D eigenvalue weighted by Crippen LogP contribution is 2.11. The number of hydrogen-bond donors (Lipinski definition) is 1. The number of hydrogen-bond acceptors (Lipinski definition) is 4. The smallest absolute Gasteiger partial charge is 0.307 e. The number of carbonyl (C=O) groups excluding carboxylic acids is 2. The van der Waals surface area contributed by atoms with Crippen LogP contribution in [0.25, 0.3) is 0 Å². The molecule has 0 aliphatic rings. The van der Waals surface area contributed by atoms with Gasteiger partial charge in [-0.1, -0.05) is 44.5 Å². The van der Waals surface area contributed by atoms with Crippen LogP contribution < -0.4 is 5.32 Å². The number of benzene rings is 1. The van der Waals surface area contributed by atoms with Crippen molar-refractivity contribution < 1.29 is 14.3 Å². The second-order valence-corrected chi connectivity index (χ2v) is 5.10. The van der Waals surface area contributed by atoms with Gasteiger partial charge >= 0.3 is 5.97 Å². The summed E-state index contributed by atoms with van der Waals surface area (Å²) in [4.78, 5) is 23.9. The van der Waals surface area contributed by atoms with Crippen molar-refractivity contribution in [3.63, 3.8) is 0 Å². The van der Waals surface area contributed by atoms with Gasteiger partial charge in [0.15, 0.2) is 5.78 Å². The molecule has 1 aromatic rings. The second-order valence-electron chi connectivity index (χ2n) is 5.10. The number of carbonyl (C=O) groups is 2. The molecule has 21 heavy (non-hydrogen) atoms. The van der Waals surface area contributed by atoms with Crippen LogP contribution in [0.1, 0.15) is 49.0 Å². The molecule has 1 unspecified atom stereocenters. The van der Waals surface area contributed by atoms with Crippen LogP contribution in [0.5, 0.6) is 0 Å². The van der Waals surface area contributed by atoms with Crippen LogP contribution >= 0.6 is 0 Å². The summed E-state index contributed by atoms with van der Waals surface area (Å²) in [7, 11) is 1.34. The largest absolute Gasteiger partial charge is 0.469 e. The van der Waals surface area contributed by atoms with E-state index < -0.39 is 6.04 Å². The van der Waals surface area contributed by atoms with Crippen LogP contribution in [-0.2, 0) is 16.0 Å². The first-order valence-electron chi connectivity index (χ1n) is 7.55. The molecule has 0 saturated heterocycles. The van der Waals surface area contributed by atoms with E-state index in [-0.39, 0.29) is 18.2 Å². The standard InChI is InChI=1S/C17H25NO3/c1-4-6-13-7-9-14(10-8-13)17(20)15(18-11-5-2)12-16(19)21-3/h7-10,15,18H,4-6,11-12H2,1-3H3. The average Bonchev–Trinajstić information content (AvgIpc) is 2.51. The van der Waals surface area contributed by atoms with Crippen LogP contribution in [-0.4, -0.2) is 31.4 Å². The van der Waals surface area contributed by atoms with Gasteiger partial charge in [0.05, 0.1) is 19.6 Å². The van der Waals surface area contributed by atoms with Gasteiger partial charge in [-0.05, 0) is 24.9 Å². The van der Waals surface area contributed by atoms with Crippen molar-refractivity contribution in [2.75, 3.05) is 13.7 Å². The zero-order chi connectivity index (χ0) is 15.7. The van der Waals surface area contributed by atoms with E-state index in [0.29, 0.717) is 12.1 Å². The molecule has 0 radical (unpaired) electrons. The maximum Gasteiger partial charge on any atom is 0.307 e. The van der Waals surface area contributed by atoms with Crippen molar-refractivity contribution in [1.29, 1.82) is 0 Å². The Kier molecular flexibility index (Phi) is 7.69. The lowest BCUT2D eigenvalue weighted by molar-refractivity contribution is -0.140. The van der Waals surface area contributed by atoms with Gasteiger partial charge in [-0.2, -0.15) is 0 Å². The van der Waals surface area contributed by atoms with Gasteiger partial charge in [0.2, 0.25) is 0 Å². The molecule has 4 nitrogen and oxygen atoms in total. The van der Waals surface area contributed by atoms with E-state index in [1.54, 1.807) is 0 Å². The zero-order valence-corrected chi connectivity index (χ0v) is 13.1. The van der Waals surface area contributed by atoms with Gasteiger partial charge in [0, 0.05) is 5.56 Å². The first-order chi connectivity index (χ1) is 10.1. The van der Waals surface area contributed by atoms with E-state index in [9.17, 15) is 9.59 Å². The summed E-state index contributed by atoms with van der Waals surface area (Å²) in [5.41, 5.74) is 1.85. The normalized spacial score (nSPS) is 12.0. The Morgan fingerprint density at radius 3 is 2.33 bits per heavy atom. The Hall–Kier alpha value is -1.68.